The molecule has 3 aromatic rings. The molecule has 5 N–H and O–H groups in total. The molecule has 1 aromatic heterocycles. The minimum Gasteiger partial charge on any atom is -0.455 e. The molecule has 1 heterocycles. The first-order valence-corrected chi connectivity index (χ1v) is 9.80. The summed E-state index contributed by atoms with van der Waals surface area (Å²) in [5.74, 6) is -2.27. The predicted molar refractivity (Wildman–Crippen MR) is 121 cm³/mol. The van der Waals surface area contributed by atoms with Crippen molar-refractivity contribution in [2.75, 3.05) is 16.4 Å². The molecule has 2 aromatic carbocycles. The van der Waals surface area contributed by atoms with Gasteiger partial charge in [0.15, 0.2) is 5.75 Å². The fourth-order valence-corrected chi connectivity index (χ4v) is 2.86. The van der Waals surface area contributed by atoms with Gasteiger partial charge in [0.05, 0.1) is 11.3 Å². The molecule has 0 aliphatic carbocycles. The minimum absolute atomic E-state index is 0.000867. The molecular formula is C22H16ClF4N5O2. The van der Waals surface area contributed by atoms with E-state index in [1.54, 1.807) is 6.07 Å². The predicted octanol–water partition coefficient (Wildman–Crippen LogP) is 5.77. The molecule has 176 valence electrons. The number of nitrogen functional groups attached to an aromatic ring is 1. The maximum absolute atomic E-state index is 14.6. The average molecular weight is 494 g/mol. The number of allylic oxidation sites excluding steroid dienone is 1. The van der Waals surface area contributed by atoms with E-state index in [9.17, 15) is 22.4 Å². The Labute approximate surface area is 195 Å². The quantitative estimate of drug-likeness (QED) is 0.190. The second-order valence-electron chi connectivity index (χ2n) is 6.63. The van der Waals surface area contributed by atoms with E-state index in [1.165, 1.54) is 42.6 Å². The van der Waals surface area contributed by atoms with Gasteiger partial charge in [-0.1, -0.05) is 29.8 Å². The molecule has 0 atom stereocenters. The molecule has 34 heavy (non-hydrogen) atoms. The van der Waals surface area contributed by atoms with E-state index in [0.717, 1.165) is 12.1 Å². The lowest BCUT2D eigenvalue weighted by molar-refractivity contribution is -0.114. The van der Waals surface area contributed by atoms with Gasteiger partial charge in [-0.25, -0.2) is 9.37 Å². The summed E-state index contributed by atoms with van der Waals surface area (Å²) < 4.78 is 60.9. The maximum atomic E-state index is 14.6. The molecule has 0 saturated heterocycles. The zero-order chi connectivity index (χ0) is 24.9. The lowest BCUT2D eigenvalue weighted by Gasteiger charge is -2.18. The van der Waals surface area contributed by atoms with Crippen molar-refractivity contribution in [1.29, 1.82) is 5.41 Å². The smallest absolute Gasteiger partial charge is 0.432 e. The van der Waals surface area contributed by atoms with Crippen LogP contribution in [0.2, 0.25) is 5.02 Å². The van der Waals surface area contributed by atoms with Crippen molar-refractivity contribution in [1.82, 2.24) is 4.98 Å². The van der Waals surface area contributed by atoms with Crippen LogP contribution in [0, 0.1) is 11.2 Å². The topological polar surface area (TPSA) is 113 Å². The second-order valence-corrected chi connectivity index (χ2v) is 7.01. The fraction of sp³-hybridized carbons (Fsp3) is 0.0455. The number of carbonyl (C=O) groups is 1. The van der Waals surface area contributed by atoms with Crippen LogP contribution in [0.1, 0.15) is 0 Å². The first-order valence-electron chi connectivity index (χ1n) is 9.43. The molecule has 0 aliphatic rings. The zero-order valence-corrected chi connectivity index (χ0v) is 17.8. The van der Waals surface area contributed by atoms with Crippen LogP contribution in [0.25, 0.3) is 0 Å². The first kappa shape index (κ1) is 24.5. The van der Waals surface area contributed by atoms with Gasteiger partial charge in [0, 0.05) is 30.2 Å². The third kappa shape index (κ3) is 5.81. The highest BCUT2D eigenvalue weighted by atomic mass is 35.5. The van der Waals surface area contributed by atoms with Gasteiger partial charge in [-0.05, 0) is 24.3 Å². The van der Waals surface area contributed by atoms with Crippen LogP contribution < -0.4 is 21.1 Å². The number of anilines is 3. The summed E-state index contributed by atoms with van der Waals surface area (Å²) in [4.78, 5) is 16.3. The van der Waals surface area contributed by atoms with Crippen LogP contribution in [0.4, 0.5) is 34.8 Å². The Morgan fingerprint density at radius 2 is 1.82 bits per heavy atom. The summed E-state index contributed by atoms with van der Waals surface area (Å²) in [7, 11) is 0. The van der Waals surface area contributed by atoms with Gasteiger partial charge in [0.25, 0.3) is 5.91 Å². The molecule has 0 aliphatic heterocycles. The summed E-state index contributed by atoms with van der Waals surface area (Å²) in [6.45, 7) is 0. The Kier molecular flexibility index (Phi) is 7.37. The van der Waals surface area contributed by atoms with Crippen molar-refractivity contribution in [3.63, 3.8) is 0 Å². The Morgan fingerprint density at radius 1 is 1.12 bits per heavy atom. The van der Waals surface area contributed by atoms with Gasteiger partial charge < -0.3 is 26.5 Å². The number of nitrogens with one attached hydrogen (secondary N) is 3. The number of rotatable bonds is 7. The average Bonchev–Trinajstić information content (AvgIpc) is 2.78. The van der Waals surface area contributed by atoms with E-state index in [1.807, 2.05) is 5.32 Å². The molecule has 0 spiro atoms. The summed E-state index contributed by atoms with van der Waals surface area (Å²) in [5.41, 5.74) is 2.67. The SMILES string of the molecule is N=C/C(C(=O)Nc1ccc(Oc2ccnc(N)c2Cl)cc1F)=C(\Nc1ccccc1)C(F)(F)F. The molecule has 3 rings (SSSR count). The van der Waals surface area contributed by atoms with E-state index in [-0.39, 0.29) is 34.2 Å². The molecule has 0 saturated carbocycles. The van der Waals surface area contributed by atoms with E-state index in [2.05, 4.69) is 10.3 Å². The van der Waals surface area contributed by atoms with Crippen LogP contribution in [-0.4, -0.2) is 23.3 Å². The molecule has 0 fully saturated rings. The number of nitrogens with two attached hydrogens (primary N) is 1. The maximum Gasteiger partial charge on any atom is 0.432 e. The van der Waals surface area contributed by atoms with Gasteiger partial charge >= 0.3 is 6.18 Å². The Balaban J connectivity index is 1.86. The lowest BCUT2D eigenvalue weighted by atomic mass is 10.1. The highest BCUT2D eigenvalue weighted by molar-refractivity contribution is 6.34. The van der Waals surface area contributed by atoms with Crippen molar-refractivity contribution in [2.45, 2.75) is 6.18 Å². The highest BCUT2D eigenvalue weighted by Crippen LogP contribution is 2.34. The van der Waals surface area contributed by atoms with Gasteiger partial charge in [0.2, 0.25) is 0 Å². The van der Waals surface area contributed by atoms with Crippen molar-refractivity contribution >= 4 is 40.9 Å². The van der Waals surface area contributed by atoms with E-state index >= 15 is 0 Å². The number of amides is 1. The van der Waals surface area contributed by atoms with Crippen LogP contribution in [0.15, 0.2) is 72.1 Å². The monoisotopic (exact) mass is 493 g/mol. The largest absolute Gasteiger partial charge is 0.455 e. The number of ether oxygens (including phenoxy) is 1. The Hall–Kier alpha value is -4.12. The van der Waals surface area contributed by atoms with Crippen LogP contribution in [0.5, 0.6) is 11.5 Å². The second kappa shape index (κ2) is 10.2. The molecule has 7 nitrogen and oxygen atoms in total. The van der Waals surface area contributed by atoms with Gasteiger partial charge in [0.1, 0.15) is 28.1 Å². The van der Waals surface area contributed by atoms with Crippen LogP contribution >= 0.6 is 11.6 Å². The third-order valence-electron chi connectivity index (χ3n) is 4.28. The summed E-state index contributed by atoms with van der Waals surface area (Å²) in [6, 6.07) is 11.9. The normalized spacial score (nSPS) is 11.9. The van der Waals surface area contributed by atoms with Crippen molar-refractivity contribution < 1.29 is 27.1 Å². The first-order chi connectivity index (χ1) is 16.1. The Bertz CT molecular complexity index is 1250. The summed E-state index contributed by atoms with van der Waals surface area (Å²) in [6.07, 6.45) is -3.43. The van der Waals surface area contributed by atoms with Crippen molar-refractivity contribution in [3.8, 4) is 11.5 Å². The zero-order valence-electron chi connectivity index (χ0n) is 17.1. The number of carbonyl (C=O) groups excluding carboxylic acids is 1. The number of hydrogen-bond donors (Lipinski definition) is 4. The molecule has 0 bridgehead atoms. The number of hydrogen-bond acceptors (Lipinski definition) is 6. The third-order valence-corrected chi connectivity index (χ3v) is 4.66. The number of halogens is 5. The minimum atomic E-state index is -5.00. The molecule has 0 radical (unpaired) electrons. The van der Waals surface area contributed by atoms with E-state index in [4.69, 9.17) is 27.5 Å². The summed E-state index contributed by atoms with van der Waals surface area (Å²) >= 11 is 5.97. The summed E-state index contributed by atoms with van der Waals surface area (Å²) in [5, 5.41) is 11.5. The van der Waals surface area contributed by atoms with Crippen molar-refractivity contribution in [2.24, 2.45) is 0 Å². The van der Waals surface area contributed by atoms with Gasteiger partial charge in [-0.3, -0.25) is 4.79 Å². The van der Waals surface area contributed by atoms with Gasteiger partial charge in [-0.2, -0.15) is 13.2 Å². The molecule has 1 amide bonds. The fourth-order valence-electron chi connectivity index (χ4n) is 2.71. The standard InChI is InChI=1S/C22H16ClF4N5O2/c23-18-17(8-9-30-20(18)29)34-13-6-7-16(15(24)10-13)32-21(33)14(11-28)19(22(25,26)27)31-12-4-2-1-3-5-12/h1-11,28,31H,(H2,29,30)(H,32,33)/b19-14+,28-11?. The number of pyridine rings is 1. The van der Waals surface area contributed by atoms with Crippen LogP contribution in [-0.2, 0) is 4.79 Å². The highest BCUT2D eigenvalue weighted by Gasteiger charge is 2.38. The molecule has 0 unspecified atom stereocenters. The van der Waals surface area contributed by atoms with Crippen LogP contribution in [0.3, 0.4) is 0 Å². The number of para-hydroxylation sites is 1. The van der Waals surface area contributed by atoms with E-state index in [0.29, 0.717) is 0 Å². The number of benzene rings is 2. The van der Waals surface area contributed by atoms with Gasteiger partial charge in [-0.15, -0.1) is 0 Å². The Morgan fingerprint density at radius 3 is 2.44 bits per heavy atom. The van der Waals surface area contributed by atoms with E-state index < -0.39 is 34.9 Å². The number of aromatic nitrogens is 1. The van der Waals surface area contributed by atoms with Crippen molar-refractivity contribution in [3.05, 3.63) is 82.9 Å². The number of alkyl halides is 3. The number of nitrogens with zero attached hydrogens (tertiary/aromatic N) is 1. The molecule has 12 heteroatoms. The molecular weight excluding hydrogens is 478 g/mol. The lowest BCUT2D eigenvalue weighted by Crippen LogP contribution is -2.27.